The number of nitrogens with one attached hydrogen (secondary N) is 1. The van der Waals surface area contributed by atoms with Crippen LogP contribution >= 0.6 is 0 Å². The standard InChI is InChI=1S/C19H26N4/c1-4-5-11-20-19-21-15(3)14(2)18(22-19)23-12-10-16-8-6-7-9-17(16)13-23/h6-9H,4-5,10-13H2,1-3H3,(H,20,21,22). The molecular formula is C19H26N4. The molecule has 1 aliphatic rings. The molecule has 0 spiro atoms. The van der Waals surface area contributed by atoms with Crippen molar-refractivity contribution in [3.05, 3.63) is 46.6 Å². The highest BCUT2D eigenvalue weighted by atomic mass is 15.2. The highest BCUT2D eigenvalue weighted by Crippen LogP contribution is 2.27. The molecule has 1 N–H and O–H groups in total. The minimum Gasteiger partial charge on any atom is -0.354 e. The number of anilines is 2. The van der Waals surface area contributed by atoms with Gasteiger partial charge in [0, 0.05) is 30.9 Å². The first-order valence-electron chi connectivity index (χ1n) is 8.60. The molecule has 122 valence electrons. The summed E-state index contributed by atoms with van der Waals surface area (Å²) in [5, 5.41) is 3.36. The summed E-state index contributed by atoms with van der Waals surface area (Å²) in [6, 6.07) is 8.72. The number of hydrogen-bond acceptors (Lipinski definition) is 4. The maximum absolute atomic E-state index is 4.81. The summed E-state index contributed by atoms with van der Waals surface area (Å²) >= 11 is 0. The molecule has 0 bridgehead atoms. The van der Waals surface area contributed by atoms with Gasteiger partial charge < -0.3 is 10.2 Å². The minimum atomic E-state index is 0.760. The van der Waals surface area contributed by atoms with E-state index in [1.165, 1.54) is 23.1 Å². The van der Waals surface area contributed by atoms with Crippen LogP contribution in [0.2, 0.25) is 0 Å². The van der Waals surface area contributed by atoms with Gasteiger partial charge in [-0.1, -0.05) is 37.6 Å². The van der Waals surface area contributed by atoms with Crippen LogP contribution in [0, 0.1) is 13.8 Å². The molecule has 4 heteroatoms. The van der Waals surface area contributed by atoms with Crippen LogP contribution in [0.3, 0.4) is 0 Å². The van der Waals surface area contributed by atoms with Crippen molar-refractivity contribution in [2.75, 3.05) is 23.3 Å². The van der Waals surface area contributed by atoms with Crippen molar-refractivity contribution in [2.45, 2.75) is 46.6 Å². The first-order chi connectivity index (χ1) is 11.2. The summed E-state index contributed by atoms with van der Waals surface area (Å²) in [6.07, 6.45) is 3.40. The highest BCUT2D eigenvalue weighted by molar-refractivity contribution is 5.53. The van der Waals surface area contributed by atoms with Gasteiger partial charge in [0.05, 0.1) is 0 Å². The van der Waals surface area contributed by atoms with Crippen molar-refractivity contribution in [1.82, 2.24) is 9.97 Å². The zero-order valence-corrected chi connectivity index (χ0v) is 14.4. The Morgan fingerprint density at radius 3 is 2.70 bits per heavy atom. The van der Waals surface area contributed by atoms with Gasteiger partial charge in [0.25, 0.3) is 0 Å². The number of fused-ring (bicyclic) bond motifs is 1. The summed E-state index contributed by atoms with van der Waals surface area (Å²) in [6.45, 7) is 9.27. The van der Waals surface area contributed by atoms with E-state index in [2.05, 4.69) is 60.2 Å². The fraction of sp³-hybridized carbons (Fsp3) is 0.474. The van der Waals surface area contributed by atoms with E-state index in [0.717, 1.165) is 49.9 Å². The second kappa shape index (κ2) is 6.99. The van der Waals surface area contributed by atoms with Gasteiger partial charge in [-0.05, 0) is 37.8 Å². The van der Waals surface area contributed by atoms with Crippen molar-refractivity contribution in [3.63, 3.8) is 0 Å². The van der Waals surface area contributed by atoms with E-state index in [9.17, 15) is 0 Å². The molecule has 1 aromatic carbocycles. The van der Waals surface area contributed by atoms with Gasteiger partial charge in [-0.15, -0.1) is 0 Å². The number of unbranched alkanes of at least 4 members (excludes halogenated alkanes) is 1. The van der Waals surface area contributed by atoms with Gasteiger partial charge in [0.15, 0.2) is 0 Å². The van der Waals surface area contributed by atoms with Gasteiger partial charge >= 0.3 is 0 Å². The third kappa shape index (κ3) is 3.46. The van der Waals surface area contributed by atoms with E-state index in [1.54, 1.807) is 0 Å². The summed E-state index contributed by atoms with van der Waals surface area (Å²) in [5.74, 6) is 1.83. The minimum absolute atomic E-state index is 0.760. The van der Waals surface area contributed by atoms with Crippen LogP contribution in [0.4, 0.5) is 11.8 Å². The van der Waals surface area contributed by atoms with Crippen LogP contribution in [0.25, 0.3) is 0 Å². The molecule has 0 unspecified atom stereocenters. The first kappa shape index (κ1) is 15.8. The number of rotatable bonds is 5. The molecule has 23 heavy (non-hydrogen) atoms. The Hall–Kier alpha value is -2.10. The molecule has 0 saturated heterocycles. The Morgan fingerprint density at radius 1 is 1.13 bits per heavy atom. The topological polar surface area (TPSA) is 41.1 Å². The van der Waals surface area contributed by atoms with Crippen molar-refractivity contribution in [2.24, 2.45) is 0 Å². The number of nitrogens with zero attached hydrogens (tertiary/aromatic N) is 3. The summed E-state index contributed by atoms with van der Waals surface area (Å²) in [5.41, 5.74) is 5.13. The Balaban J connectivity index is 1.84. The summed E-state index contributed by atoms with van der Waals surface area (Å²) < 4.78 is 0. The van der Waals surface area contributed by atoms with Gasteiger partial charge in [0.2, 0.25) is 5.95 Å². The van der Waals surface area contributed by atoms with Crippen molar-refractivity contribution >= 4 is 11.8 Å². The SMILES string of the molecule is CCCCNc1nc(C)c(C)c(N2CCc3ccccc3C2)n1. The predicted molar refractivity (Wildman–Crippen MR) is 96.1 cm³/mol. The van der Waals surface area contributed by atoms with Gasteiger partial charge in [-0.3, -0.25) is 0 Å². The lowest BCUT2D eigenvalue weighted by Crippen LogP contribution is -2.32. The van der Waals surface area contributed by atoms with Crippen LogP contribution in [-0.4, -0.2) is 23.1 Å². The zero-order chi connectivity index (χ0) is 16.2. The highest BCUT2D eigenvalue weighted by Gasteiger charge is 2.20. The van der Waals surface area contributed by atoms with E-state index in [1.807, 2.05) is 0 Å². The van der Waals surface area contributed by atoms with Crippen LogP contribution in [0.5, 0.6) is 0 Å². The molecule has 2 heterocycles. The molecule has 2 aromatic rings. The quantitative estimate of drug-likeness (QED) is 0.851. The van der Waals surface area contributed by atoms with Crippen LogP contribution < -0.4 is 10.2 Å². The van der Waals surface area contributed by atoms with Crippen LogP contribution in [0.15, 0.2) is 24.3 Å². The Labute approximate surface area is 139 Å². The molecule has 4 nitrogen and oxygen atoms in total. The number of hydrogen-bond donors (Lipinski definition) is 1. The lowest BCUT2D eigenvalue weighted by atomic mass is 9.99. The predicted octanol–water partition coefficient (Wildman–Crippen LogP) is 3.87. The average Bonchev–Trinajstić information content (AvgIpc) is 2.57. The molecule has 1 aromatic heterocycles. The van der Waals surface area contributed by atoms with E-state index in [4.69, 9.17) is 4.98 Å². The molecule has 0 atom stereocenters. The van der Waals surface area contributed by atoms with E-state index in [0.29, 0.717) is 0 Å². The third-order valence-corrected chi connectivity index (χ3v) is 4.61. The average molecular weight is 310 g/mol. The Bertz CT molecular complexity index is 681. The molecule has 0 radical (unpaired) electrons. The van der Waals surface area contributed by atoms with Crippen LogP contribution in [0.1, 0.15) is 42.1 Å². The monoisotopic (exact) mass is 310 g/mol. The molecule has 0 fully saturated rings. The normalized spacial score (nSPS) is 13.8. The van der Waals surface area contributed by atoms with Crippen LogP contribution in [-0.2, 0) is 13.0 Å². The zero-order valence-electron chi connectivity index (χ0n) is 14.4. The smallest absolute Gasteiger partial charge is 0.224 e. The van der Waals surface area contributed by atoms with E-state index >= 15 is 0 Å². The van der Waals surface area contributed by atoms with Crippen molar-refractivity contribution in [3.8, 4) is 0 Å². The largest absolute Gasteiger partial charge is 0.354 e. The Kier molecular flexibility index (Phi) is 4.79. The van der Waals surface area contributed by atoms with Crippen molar-refractivity contribution < 1.29 is 0 Å². The lowest BCUT2D eigenvalue weighted by molar-refractivity contribution is 0.714. The molecule has 1 aliphatic heterocycles. The number of aryl methyl sites for hydroxylation is 1. The second-order valence-corrected chi connectivity index (χ2v) is 6.30. The third-order valence-electron chi connectivity index (χ3n) is 4.61. The van der Waals surface area contributed by atoms with E-state index in [-0.39, 0.29) is 0 Å². The van der Waals surface area contributed by atoms with Crippen molar-refractivity contribution in [1.29, 1.82) is 0 Å². The van der Waals surface area contributed by atoms with Gasteiger partial charge in [-0.25, -0.2) is 4.98 Å². The first-order valence-corrected chi connectivity index (χ1v) is 8.60. The van der Waals surface area contributed by atoms with E-state index < -0.39 is 0 Å². The molecule has 0 amide bonds. The van der Waals surface area contributed by atoms with Gasteiger partial charge in [-0.2, -0.15) is 4.98 Å². The lowest BCUT2D eigenvalue weighted by Gasteiger charge is -2.31. The number of aromatic nitrogens is 2. The second-order valence-electron chi connectivity index (χ2n) is 6.30. The fourth-order valence-corrected chi connectivity index (χ4v) is 3.05. The maximum atomic E-state index is 4.81. The number of benzene rings is 1. The Morgan fingerprint density at radius 2 is 1.91 bits per heavy atom. The summed E-state index contributed by atoms with van der Waals surface area (Å²) in [7, 11) is 0. The van der Waals surface area contributed by atoms with Gasteiger partial charge in [0.1, 0.15) is 5.82 Å². The summed E-state index contributed by atoms with van der Waals surface area (Å²) in [4.78, 5) is 11.8. The maximum Gasteiger partial charge on any atom is 0.224 e. The molecule has 0 saturated carbocycles. The molecule has 0 aliphatic carbocycles. The molecule has 3 rings (SSSR count). The fourth-order valence-electron chi connectivity index (χ4n) is 3.05. The molecular weight excluding hydrogens is 284 g/mol.